The molecule has 0 aliphatic rings. The molecule has 0 aliphatic heterocycles. The first-order valence-corrected chi connectivity index (χ1v) is 7.86. The lowest BCUT2D eigenvalue weighted by Crippen LogP contribution is -2.27. The molecular formula is C13H22BrNOS. The monoisotopic (exact) mass is 319 g/mol. The van der Waals surface area contributed by atoms with Crippen LogP contribution in [0.25, 0.3) is 0 Å². The van der Waals surface area contributed by atoms with Crippen molar-refractivity contribution in [3.63, 3.8) is 0 Å². The van der Waals surface area contributed by atoms with E-state index < -0.39 is 0 Å². The summed E-state index contributed by atoms with van der Waals surface area (Å²) in [7, 11) is 1.74. The topological polar surface area (TPSA) is 21.3 Å². The fourth-order valence-electron chi connectivity index (χ4n) is 1.90. The van der Waals surface area contributed by atoms with Crippen LogP contribution in [0.15, 0.2) is 15.9 Å². The Balaban J connectivity index is 2.35. The SMILES string of the molecule is CCCC(CNCCOC)Cc1sccc1Br. The van der Waals surface area contributed by atoms with Crippen LogP contribution in [0, 0.1) is 5.92 Å². The first kappa shape index (κ1) is 15.2. The van der Waals surface area contributed by atoms with Crippen molar-refractivity contribution in [3.05, 3.63) is 20.8 Å². The van der Waals surface area contributed by atoms with Gasteiger partial charge in [-0.15, -0.1) is 11.3 Å². The van der Waals surface area contributed by atoms with Gasteiger partial charge in [0.05, 0.1) is 6.61 Å². The third-order valence-corrected chi connectivity index (χ3v) is 4.73. The fourth-order valence-corrected chi connectivity index (χ4v) is 3.53. The Bertz CT molecular complexity index is 303. The van der Waals surface area contributed by atoms with Gasteiger partial charge in [0.25, 0.3) is 0 Å². The average molecular weight is 320 g/mol. The molecule has 1 unspecified atom stereocenters. The number of nitrogens with one attached hydrogen (secondary N) is 1. The van der Waals surface area contributed by atoms with Crippen LogP contribution in [0.4, 0.5) is 0 Å². The van der Waals surface area contributed by atoms with E-state index in [1.807, 2.05) is 11.3 Å². The smallest absolute Gasteiger partial charge is 0.0587 e. The summed E-state index contributed by atoms with van der Waals surface area (Å²) in [4.78, 5) is 1.47. The van der Waals surface area contributed by atoms with Gasteiger partial charge in [0.1, 0.15) is 0 Å². The number of methoxy groups -OCH3 is 1. The molecule has 17 heavy (non-hydrogen) atoms. The van der Waals surface area contributed by atoms with E-state index in [0.29, 0.717) is 0 Å². The standard InChI is InChI=1S/C13H22BrNOS/c1-3-4-11(10-15-6-7-16-2)9-13-12(14)5-8-17-13/h5,8,11,15H,3-4,6-7,9-10H2,1-2H3. The molecule has 98 valence electrons. The minimum atomic E-state index is 0.729. The van der Waals surface area contributed by atoms with Crippen molar-refractivity contribution in [2.45, 2.75) is 26.2 Å². The van der Waals surface area contributed by atoms with Crippen molar-refractivity contribution in [3.8, 4) is 0 Å². The van der Waals surface area contributed by atoms with Crippen molar-refractivity contribution in [2.24, 2.45) is 5.92 Å². The maximum absolute atomic E-state index is 5.04. The number of rotatable bonds is 9. The van der Waals surface area contributed by atoms with E-state index in [1.54, 1.807) is 7.11 Å². The quantitative estimate of drug-likeness (QED) is 0.701. The predicted molar refractivity (Wildman–Crippen MR) is 78.9 cm³/mol. The Morgan fingerprint density at radius 1 is 1.53 bits per heavy atom. The highest BCUT2D eigenvalue weighted by molar-refractivity contribution is 9.10. The maximum atomic E-state index is 5.04. The van der Waals surface area contributed by atoms with Crippen molar-refractivity contribution in [1.82, 2.24) is 5.32 Å². The van der Waals surface area contributed by atoms with Crippen LogP contribution in [0.3, 0.4) is 0 Å². The molecule has 0 saturated carbocycles. The number of hydrogen-bond acceptors (Lipinski definition) is 3. The number of thiophene rings is 1. The molecule has 0 radical (unpaired) electrons. The molecule has 1 rings (SSSR count). The molecule has 0 fully saturated rings. The van der Waals surface area contributed by atoms with Gasteiger partial charge in [-0.05, 0) is 52.7 Å². The Morgan fingerprint density at radius 3 is 2.94 bits per heavy atom. The van der Waals surface area contributed by atoms with Crippen LogP contribution in [0.1, 0.15) is 24.6 Å². The van der Waals surface area contributed by atoms with E-state index in [0.717, 1.165) is 25.6 Å². The third kappa shape index (κ3) is 6.00. The zero-order valence-corrected chi connectivity index (χ0v) is 13.1. The second-order valence-electron chi connectivity index (χ2n) is 4.25. The second-order valence-corrected chi connectivity index (χ2v) is 6.10. The molecule has 1 atom stereocenters. The van der Waals surface area contributed by atoms with Crippen LogP contribution in [-0.4, -0.2) is 26.8 Å². The molecule has 0 bridgehead atoms. The van der Waals surface area contributed by atoms with E-state index in [2.05, 4.69) is 39.6 Å². The van der Waals surface area contributed by atoms with Crippen LogP contribution in [0.2, 0.25) is 0 Å². The molecule has 4 heteroatoms. The summed E-state index contributed by atoms with van der Waals surface area (Å²) in [6.45, 7) is 5.08. The van der Waals surface area contributed by atoms with Crippen molar-refractivity contribution < 1.29 is 4.74 Å². The van der Waals surface area contributed by atoms with Crippen molar-refractivity contribution >= 4 is 27.3 Å². The number of ether oxygens (including phenoxy) is 1. The largest absolute Gasteiger partial charge is 0.383 e. The molecule has 0 aromatic carbocycles. The van der Waals surface area contributed by atoms with Gasteiger partial charge in [0.15, 0.2) is 0 Å². The Kier molecular flexibility index (Phi) is 8.10. The molecule has 0 spiro atoms. The van der Waals surface area contributed by atoms with Gasteiger partial charge in [0, 0.05) is 23.0 Å². The van der Waals surface area contributed by atoms with Crippen LogP contribution < -0.4 is 5.32 Å². The number of hydrogen-bond donors (Lipinski definition) is 1. The fraction of sp³-hybridized carbons (Fsp3) is 0.692. The van der Waals surface area contributed by atoms with E-state index in [9.17, 15) is 0 Å². The summed E-state index contributed by atoms with van der Waals surface area (Å²) in [6, 6.07) is 2.14. The van der Waals surface area contributed by atoms with E-state index in [1.165, 1.54) is 28.6 Å². The average Bonchev–Trinajstić information content (AvgIpc) is 2.71. The van der Waals surface area contributed by atoms with Crippen molar-refractivity contribution in [2.75, 3.05) is 26.8 Å². The summed E-state index contributed by atoms with van der Waals surface area (Å²) < 4.78 is 6.31. The summed E-state index contributed by atoms with van der Waals surface area (Å²) >= 11 is 5.46. The van der Waals surface area contributed by atoms with Gasteiger partial charge >= 0.3 is 0 Å². The first-order valence-electron chi connectivity index (χ1n) is 6.19. The van der Waals surface area contributed by atoms with Gasteiger partial charge in [-0.25, -0.2) is 0 Å². The van der Waals surface area contributed by atoms with E-state index >= 15 is 0 Å². The first-order chi connectivity index (χ1) is 8.27. The van der Waals surface area contributed by atoms with Gasteiger partial charge in [-0.3, -0.25) is 0 Å². The Morgan fingerprint density at radius 2 is 2.35 bits per heavy atom. The Labute approximate surface area is 117 Å². The lowest BCUT2D eigenvalue weighted by molar-refractivity contribution is 0.197. The van der Waals surface area contributed by atoms with Gasteiger partial charge in [-0.1, -0.05) is 13.3 Å². The summed E-state index contributed by atoms with van der Waals surface area (Å²) in [6.07, 6.45) is 3.70. The van der Waals surface area contributed by atoms with Crippen LogP contribution >= 0.6 is 27.3 Å². The zero-order valence-electron chi connectivity index (χ0n) is 10.7. The molecule has 0 amide bonds. The highest BCUT2D eigenvalue weighted by atomic mass is 79.9. The molecule has 1 aromatic heterocycles. The molecule has 2 nitrogen and oxygen atoms in total. The van der Waals surface area contributed by atoms with Gasteiger partial charge < -0.3 is 10.1 Å². The molecule has 1 heterocycles. The van der Waals surface area contributed by atoms with Crippen molar-refractivity contribution in [1.29, 1.82) is 0 Å². The Hall–Kier alpha value is 0.100. The van der Waals surface area contributed by atoms with E-state index in [4.69, 9.17) is 4.74 Å². The van der Waals surface area contributed by atoms with Crippen LogP contribution in [-0.2, 0) is 11.2 Å². The maximum Gasteiger partial charge on any atom is 0.0587 e. The predicted octanol–water partition coefficient (Wildman–Crippen LogP) is 3.71. The minimum absolute atomic E-state index is 0.729. The van der Waals surface area contributed by atoms with Gasteiger partial charge in [-0.2, -0.15) is 0 Å². The molecule has 1 N–H and O–H groups in total. The summed E-state index contributed by atoms with van der Waals surface area (Å²) in [5, 5.41) is 5.62. The molecule has 0 aliphatic carbocycles. The molecule has 1 aromatic rings. The molecular weight excluding hydrogens is 298 g/mol. The zero-order chi connectivity index (χ0) is 12.5. The highest BCUT2D eigenvalue weighted by Gasteiger charge is 2.11. The van der Waals surface area contributed by atoms with E-state index in [-0.39, 0.29) is 0 Å². The lowest BCUT2D eigenvalue weighted by atomic mass is 9.99. The molecule has 0 saturated heterocycles. The highest BCUT2D eigenvalue weighted by Crippen LogP contribution is 2.26. The van der Waals surface area contributed by atoms with Crippen LogP contribution in [0.5, 0.6) is 0 Å². The number of halogens is 1. The normalized spacial score (nSPS) is 12.9. The second kappa shape index (κ2) is 9.09. The third-order valence-electron chi connectivity index (χ3n) is 2.78. The lowest BCUT2D eigenvalue weighted by Gasteiger charge is -2.16. The summed E-state index contributed by atoms with van der Waals surface area (Å²) in [5.74, 6) is 0.729. The minimum Gasteiger partial charge on any atom is -0.383 e. The summed E-state index contributed by atoms with van der Waals surface area (Å²) in [5.41, 5.74) is 0. The van der Waals surface area contributed by atoms with Gasteiger partial charge in [0.2, 0.25) is 0 Å².